The first kappa shape index (κ1) is 70.5. The molecule has 10 unspecified atom stereocenters. The first-order valence-electron chi connectivity index (χ1n) is 31.7. The number of aliphatic hydroxyl groups is 17. The monoisotopic (exact) mass is 1290 g/mol. The molecule has 17 N–H and O–H groups in total. The smallest absolute Gasteiger partial charge is 0.357 e. The van der Waals surface area contributed by atoms with Gasteiger partial charge >= 0.3 is 23.9 Å². The molecule has 34 atom stereocenters. The van der Waals surface area contributed by atoms with E-state index in [2.05, 4.69) is 26.8 Å². The van der Waals surface area contributed by atoms with E-state index in [-0.39, 0.29) is 42.1 Å². The lowest BCUT2D eigenvalue weighted by Gasteiger charge is -2.71. The van der Waals surface area contributed by atoms with Crippen LogP contribution in [0, 0.1) is 56.7 Å². The van der Waals surface area contributed by atoms with Crippen molar-refractivity contribution in [2.75, 3.05) is 26.4 Å². The zero-order valence-corrected chi connectivity index (χ0v) is 52.4. The van der Waals surface area contributed by atoms with Crippen molar-refractivity contribution in [2.24, 2.45) is 56.7 Å². The quantitative estimate of drug-likeness (QED) is 0.0361. The molecule has 0 aromatic carbocycles. The summed E-state index contributed by atoms with van der Waals surface area (Å²) in [6.07, 6.45) is -32.3. The highest BCUT2D eigenvalue weighted by Gasteiger charge is 2.71. The SMILES string of the molecule is CC(=O)OCC1O[C@@](O)(OCC2O[C@@](O)(OC(=O)[C@@H]3CC(C)(C)C[C@H]4C5=CCC6[C@@]7(C)CC[C@H](OC8(C9OC[C@H](O)[C@@H](O)[C@H]9O)O[C@H](C)[C@@H](O)[C@H](O)[C@@H]8O)[C@@](C)(CO)C7CC[C@@]6(C)[C@]5(C)CCC34)[C@@H](O)C(O)[C@@H]2O)[C@@H](O)C(O)[C@@H]1OC1O[C@H](C)[C@@H](O)[C@H](O)[C@@H]1O. The van der Waals surface area contributed by atoms with Gasteiger partial charge in [-0.2, -0.15) is 0 Å². The highest BCUT2D eigenvalue weighted by Crippen LogP contribution is 2.75. The zero-order valence-electron chi connectivity index (χ0n) is 52.4. The first-order chi connectivity index (χ1) is 41.8. The Kier molecular flexibility index (Phi) is 19.5. The van der Waals surface area contributed by atoms with E-state index in [0.717, 1.165) is 6.92 Å². The van der Waals surface area contributed by atoms with E-state index < -0.39 is 212 Å². The van der Waals surface area contributed by atoms with Gasteiger partial charge in [0, 0.05) is 12.3 Å². The third-order valence-electron chi connectivity index (χ3n) is 23.7. The van der Waals surface area contributed by atoms with E-state index in [0.29, 0.717) is 51.4 Å². The normalized spacial score (nSPS) is 55.3. The minimum atomic E-state index is -3.36. The van der Waals surface area contributed by atoms with Crippen molar-refractivity contribution in [1.29, 1.82) is 0 Å². The minimum absolute atomic E-state index is 0.0401. The van der Waals surface area contributed by atoms with Crippen LogP contribution in [0.5, 0.6) is 0 Å². The molecule has 90 heavy (non-hydrogen) atoms. The fourth-order valence-electron chi connectivity index (χ4n) is 18.4. The maximum Gasteiger partial charge on any atom is 0.357 e. The summed E-state index contributed by atoms with van der Waals surface area (Å²) in [6, 6.07) is 0. The van der Waals surface area contributed by atoms with Crippen molar-refractivity contribution >= 4 is 11.9 Å². The average molecular weight is 1300 g/mol. The number of hydrogen-bond donors (Lipinski definition) is 17. The Bertz CT molecular complexity index is 2620. The van der Waals surface area contributed by atoms with Gasteiger partial charge in [0.2, 0.25) is 5.79 Å². The molecule has 9 fully saturated rings. The molecular weight excluding hydrogens is 1200 g/mol. The molecule has 5 heterocycles. The van der Waals surface area contributed by atoms with Crippen LogP contribution < -0.4 is 0 Å². The Labute approximate surface area is 521 Å². The van der Waals surface area contributed by atoms with Crippen LogP contribution in [0.15, 0.2) is 11.6 Å². The first-order valence-corrected chi connectivity index (χ1v) is 31.7. The van der Waals surface area contributed by atoms with Gasteiger partial charge in [0.05, 0.1) is 44.1 Å². The fraction of sp³-hybridized carbons (Fsp3) is 0.934. The number of carbonyl (C=O) groups excluding carboxylic acids is 2. The molecule has 0 aromatic rings. The van der Waals surface area contributed by atoms with Crippen LogP contribution in [0.3, 0.4) is 0 Å². The van der Waals surface area contributed by atoms with Crippen molar-refractivity contribution < 1.29 is 144 Å². The highest BCUT2D eigenvalue weighted by molar-refractivity contribution is 5.74. The molecule has 5 saturated heterocycles. The predicted molar refractivity (Wildman–Crippen MR) is 300 cm³/mol. The third kappa shape index (κ3) is 11.4. The largest absolute Gasteiger partial charge is 0.463 e. The molecule has 0 aromatic heterocycles. The maximum atomic E-state index is 14.9. The number of carbonyl (C=O) groups is 2. The number of ether oxygens (including phenoxy) is 10. The van der Waals surface area contributed by atoms with Crippen molar-refractivity contribution in [2.45, 2.75) is 272 Å². The highest BCUT2D eigenvalue weighted by atomic mass is 16.9. The van der Waals surface area contributed by atoms with Crippen LogP contribution in [0.25, 0.3) is 0 Å². The van der Waals surface area contributed by atoms with Crippen LogP contribution in [0.1, 0.15) is 120 Å². The summed E-state index contributed by atoms with van der Waals surface area (Å²) in [7, 11) is 0. The second kappa shape index (κ2) is 25.0. The van der Waals surface area contributed by atoms with E-state index in [4.69, 9.17) is 47.4 Å². The number of esters is 2. The van der Waals surface area contributed by atoms with Crippen LogP contribution in [0.4, 0.5) is 0 Å². The van der Waals surface area contributed by atoms with Gasteiger partial charge in [0.1, 0.15) is 104 Å². The molecule has 10 rings (SSSR count). The molecule has 516 valence electrons. The van der Waals surface area contributed by atoms with Gasteiger partial charge in [-0.15, -0.1) is 0 Å². The van der Waals surface area contributed by atoms with Gasteiger partial charge in [-0.05, 0) is 117 Å². The summed E-state index contributed by atoms with van der Waals surface area (Å²) in [5.74, 6) is -12.5. The summed E-state index contributed by atoms with van der Waals surface area (Å²) in [5.41, 5.74) is -1.57. The standard InChI is InChI=1S/C61H98O29/c1-24-37(65)41(69)45(73)53(84-24)85-47-33(21-81-26(3)63)88-60(79,50(77)46(47)74)83-22-32-40(68)43(71)49(76)61(80,87-32)90-52(78)29-19-54(4,5)18-28-27(29)12-16-57(8)30(28)10-11-35-55(6)15-14-36(56(7,23-62)34(55)13-17-58(35,57)9)89-59(48(75)42(70)38(66)25(2)86-59)51-44(72)39(67)31(64)20-82-51/h10,24-25,27-29,31-51,53,62,64-77,79-80H,11-23H2,1-9H3/t24-,25-,27?,28-,29-,31+,32?,33?,34?,35?,36+,37-,38-,39-,40-,41+,42+,43?,44-,45+,46?,47-,48+,49+,50+,51?,53?,55+,56+,57-,58-,59?,60+,61-/m1/s1. The molecule has 0 amide bonds. The lowest BCUT2D eigenvalue weighted by Crippen LogP contribution is -2.75. The second-order valence-corrected chi connectivity index (χ2v) is 29.6. The van der Waals surface area contributed by atoms with Crippen LogP contribution >= 0.6 is 0 Å². The van der Waals surface area contributed by atoms with E-state index in [1.54, 1.807) is 0 Å². The number of allylic oxidation sites excluding steroid dienone is 2. The maximum absolute atomic E-state index is 14.9. The molecule has 10 aliphatic rings. The number of aliphatic hydroxyl groups excluding tert-OH is 15. The van der Waals surface area contributed by atoms with Gasteiger partial charge in [-0.1, -0.05) is 53.2 Å². The van der Waals surface area contributed by atoms with Crippen molar-refractivity contribution in [3.8, 4) is 0 Å². The molecule has 0 radical (unpaired) electrons. The minimum Gasteiger partial charge on any atom is -0.463 e. The summed E-state index contributed by atoms with van der Waals surface area (Å²) < 4.78 is 57.8. The van der Waals surface area contributed by atoms with Gasteiger partial charge in [-0.3, -0.25) is 9.59 Å². The molecule has 0 spiro atoms. The Morgan fingerprint density at radius 2 is 1.29 bits per heavy atom. The summed E-state index contributed by atoms with van der Waals surface area (Å²) in [5, 5.41) is 189. The summed E-state index contributed by atoms with van der Waals surface area (Å²) in [6.45, 7) is 13.9. The molecule has 29 heteroatoms. The third-order valence-corrected chi connectivity index (χ3v) is 23.7. The Morgan fingerprint density at radius 1 is 0.644 bits per heavy atom. The van der Waals surface area contributed by atoms with E-state index >= 15 is 0 Å². The summed E-state index contributed by atoms with van der Waals surface area (Å²) >= 11 is 0. The Balaban J connectivity index is 0.851. The number of hydrogen-bond acceptors (Lipinski definition) is 29. The van der Waals surface area contributed by atoms with E-state index in [1.165, 1.54) is 19.4 Å². The molecule has 5 aliphatic carbocycles. The number of rotatable bonds is 13. The van der Waals surface area contributed by atoms with Crippen LogP contribution in [-0.2, 0) is 57.0 Å². The van der Waals surface area contributed by atoms with Crippen LogP contribution in [0.2, 0.25) is 0 Å². The molecule has 29 nitrogen and oxygen atoms in total. The fourth-order valence-corrected chi connectivity index (χ4v) is 18.4. The van der Waals surface area contributed by atoms with Crippen LogP contribution in [-0.4, -0.2) is 277 Å². The summed E-state index contributed by atoms with van der Waals surface area (Å²) in [4.78, 5) is 26.8. The van der Waals surface area contributed by atoms with Gasteiger partial charge < -0.3 is 134 Å². The van der Waals surface area contributed by atoms with E-state index in [1.807, 2.05) is 20.8 Å². The Hall–Kier alpha value is -2.32. The average Bonchev–Trinajstić information content (AvgIpc) is 0.683. The molecule has 5 aliphatic heterocycles. The topological polar surface area (TPSA) is 470 Å². The predicted octanol–water partition coefficient (Wildman–Crippen LogP) is -4.09. The van der Waals surface area contributed by atoms with Gasteiger partial charge in [-0.25, -0.2) is 0 Å². The Morgan fingerprint density at radius 3 is 1.96 bits per heavy atom. The lowest BCUT2D eigenvalue weighted by molar-refractivity contribution is -0.473. The van der Waals surface area contributed by atoms with Crippen molar-refractivity contribution in [1.82, 2.24) is 0 Å². The second-order valence-electron chi connectivity index (χ2n) is 29.6. The van der Waals surface area contributed by atoms with Gasteiger partial charge in [0.15, 0.2) is 18.5 Å². The lowest BCUT2D eigenvalue weighted by atomic mass is 9.34. The number of fused-ring (bicyclic) bond motifs is 7. The van der Waals surface area contributed by atoms with Gasteiger partial charge in [0.25, 0.3) is 0 Å². The molecule has 0 bridgehead atoms. The zero-order chi connectivity index (χ0) is 66.3. The van der Waals surface area contributed by atoms with Crippen molar-refractivity contribution in [3.05, 3.63) is 11.6 Å². The molecule has 4 saturated carbocycles. The molecular formula is C61H98O29. The van der Waals surface area contributed by atoms with Crippen molar-refractivity contribution in [3.63, 3.8) is 0 Å². The van der Waals surface area contributed by atoms with E-state index in [9.17, 15) is 96.4 Å².